The third-order valence-corrected chi connectivity index (χ3v) is 4.84. The van der Waals surface area contributed by atoms with Crippen molar-refractivity contribution in [2.75, 3.05) is 6.54 Å². The molecule has 1 fully saturated rings. The smallest absolute Gasteiger partial charge is 0.0123 e. The van der Waals surface area contributed by atoms with E-state index in [1.54, 1.807) is 0 Å². The van der Waals surface area contributed by atoms with Crippen LogP contribution in [0.2, 0.25) is 0 Å². The molecule has 0 amide bonds. The van der Waals surface area contributed by atoms with Crippen LogP contribution in [0.1, 0.15) is 79.1 Å². The van der Waals surface area contributed by atoms with E-state index < -0.39 is 0 Å². The fourth-order valence-electron chi connectivity index (χ4n) is 3.84. The van der Waals surface area contributed by atoms with E-state index in [4.69, 9.17) is 0 Å². The molecular weight excluding hydrogens is 218 g/mol. The Morgan fingerprint density at radius 1 is 0.944 bits per heavy atom. The summed E-state index contributed by atoms with van der Waals surface area (Å²) in [6, 6.07) is 0.794. The molecule has 1 aliphatic rings. The molecule has 0 heterocycles. The van der Waals surface area contributed by atoms with E-state index in [0.29, 0.717) is 0 Å². The lowest BCUT2D eigenvalue weighted by molar-refractivity contribution is 0.171. The van der Waals surface area contributed by atoms with Gasteiger partial charge < -0.3 is 5.32 Å². The monoisotopic (exact) mass is 253 g/mol. The molecule has 0 aliphatic heterocycles. The standard InChI is InChI=1S/C17H35N/c1-5-8-15(9-6-2)17(18-7-3)16-12-10-14(4)11-13-16/h14-18H,5-13H2,1-4H3. The first-order chi connectivity index (χ1) is 8.72. The van der Waals surface area contributed by atoms with Crippen molar-refractivity contribution in [3.63, 3.8) is 0 Å². The van der Waals surface area contributed by atoms with Crippen molar-refractivity contribution >= 4 is 0 Å². The summed E-state index contributed by atoms with van der Waals surface area (Å²) in [5.74, 6) is 2.84. The second-order valence-corrected chi connectivity index (χ2v) is 6.44. The van der Waals surface area contributed by atoms with Gasteiger partial charge in [0.15, 0.2) is 0 Å². The summed E-state index contributed by atoms with van der Waals surface area (Å²) in [5, 5.41) is 3.84. The Kier molecular flexibility index (Phi) is 7.97. The number of nitrogens with one attached hydrogen (secondary N) is 1. The molecule has 0 aromatic rings. The maximum Gasteiger partial charge on any atom is 0.0123 e. The zero-order chi connectivity index (χ0) is 13.4. The van der Waals surface area contributed by atoms with E-state index in [9.17, 15) is 0 Å². The average Bonchev–Trinajstić information content (AvgIpc) is 2.37. The molecule has 0 aromatic carbocycles. The van der Waals surface area contributed by atoms with E-state index in [1.165, 1.54) is 51.4 Å². The van der Waals surface area contributed by atoms with Crippen LogP contribution in [-0.4, -0.2) is 12.6 Å². The van der Waals surface area contributed by atoms with Gasteiger partial charge in [-0.2, -0.15) is 0 Å². The van der Waals surface area contributed by atoms with E-state index in [1.807, 2.05) is 0 Å². The van der Waals surface area contributed by atoms with Crippen molar-refractivity contribution in [1.29, 1.82) is 0 Å². The highest BCUT2D eigenvalue weighted by atomic mass is 14.9. The van der Waals surface area contributed by atoms with Crippen LogP contribution in [0.5, 0.6) is 0 Å². The SMILES string of the molecule is CCCC(CCC)C(NCC)C1CCC(C)CC1. The first-order valence-corrected chi connectivity index (χ1v) is 8.46. The van der Waals surface area contributed by atoms with Gasteiger partial charge in [0.1, 0.15) is 0 Å². The van der Waals surface area contributed by atoms with Gasteiger partial charge >= 0.3 is 0 Å². The van der Waals surface area contributed by atoms with Crippen LogP contribution in [-0.2, 0) is 0 Å². The maximum absolute atomic E-state index is 3.84. The Hall–Kier alpha value is -0.0400. The lowest BCUT2D eigenvalue weighted by Gasteiger charge is -2.38. The first-order valence-electron chi connectivity index (χ1n) is 8.46. The van der Waals surface area contributed by atoms with Crippen molar-refractivity contribution in [2.24, 2.45) is 17.8 Å². The number of hydrogen-bond donors (Lipinski definition) is 1. The summed E-state index contributed by atoms with van der Waals surface area (Å²) >= 11 is 0. The zero-order valence-corrected chi connectivity index (χ0v) is 13.2. The molecular formula is C17H35N. The van der Waals surface area contributed by atoms with Gasteiger partial charge in [0.05, 0.1) is 0 Å². The van der Waals surface area contributed by atoms with Crippen LogP contribution < -0.4 is 5.32 Å². The normalized spacial score (nSPS) is 26.5. The van der Waals surface area contributed by atoms with Gasteiger partial charge in [-0.15, -0.1) is 0 Å². The van der Waals surface area contributed by atoms with Crippen LogP contribution in [0.4, 0.5) is 0 Å². The van der Waals surface area contributed by atoms with Crippen molar-refractivity contribution in [1.82, 2.24) is 5.32 Å². The molecule has 1 nitrogen and oxygen atoms in total. The zero-order valence-electron chi connectivity index (χ0n) is 13.2. The van der Waals surface area contributed by atoms with E-state index >= 15 is 0 Å². The maximum atomic E-state index is 3.84. The lowest BCUT2D eigenvalue weighted by Crippen LogP contribution is -2.43. The minimum Gasteiger partial charge on any atom is -0.314 e. The Bertz CT molecular complexity index is 188. The van der Waals surface area contributed by atoms with Crippen LogP contribution >= 0.6 is 0 Å². The minimum atomic E-state index is 0.794. The number of rotatable bonds is 8. The van der Waals surface area contributed by atoms with E-state index in [0.717, 1.165) is 30.3 Å². The molecule has 1 heteroatoms. The second-order valence-electron chi connectivity index (χ2n) is 6.44. The molecule has 1 atom stereocenters. The van der Waals surface area contributed by atoms with Crippen molar-refractivity contribution in [3.05, 3.63) is 0 Å². The van der Waals surface area contributed by atoms with E-state index in [2.05, 4.69) is 33.0 Å². The Balaban J connectivity index is 2.59. The summed E-state index contributed by atoms with van der Waals surface area (Å²) in [4.78, 5) is 0. The van der Waals surface area contributed by atoms with Gasteiger partial charge in [-0.1, -0.05) is 53.4 Å². The summed E-state index contributed by atoms with van der Waals surface area (Å²) in [5.41, 5.74) is 0. The third-order valence-electron chi connectivity index (χ3n) is 4.84. The highest BCUT2D eigenvalue weighted by Gasteiger charge is 2.30. The second kappa shape index (κ2) is 8.96. The molecule has 1 rings (SSSR count). The van der Waals surface area contributed by atoms with Crippen LogP contribution in [0, 0.1) is 17.8 Å². The van der Waals surface area contributed by atoms with Crippen molar-refractivity contribution in [2.45, 2.75) is 85.1 Å². The molecule has 0 saturated heterocycles. The fraction of sp³-hybridized carbons (Fsp3) is 1.00. The molecule has 1 saturated carbocycles. The van der Waals surface area contributed by atoms with E-state index in [-0.39, 0.29) is 0 Å². The van der Waals surface area contributed by atoms with Gasteiger partial charge in [-0.25, -0.2) is 0 Å². The van der Waals surface area contributed by atoms with Gasteiger partial charge in [-0.3, -0.25) is 0 Å². The molecule has 0 radical (unpaired) electrons. The summed E-state index contributed by atoms with van der Waals surface area (Å²) in [6.07, 6.45) is 11.3. The molecule has 0 spiro atoms. The topological polar surface area (TPSA) is 12.0 Å². The van der Waals surface area contributed by atoms with Crippen LogP contribution in [0.3, 0.4) is 0 Å². The average molecular weight is 253 g/mol. The highest BCUT2D eigenvalue weighted by Crippen LogP contribution is 2.35. The van der Waals surface area contributed by atoms with Gasteiger partial charge in [0.2, 0.25) is 0 Å². The molecule has 1 unspecified atom stereocenters. The molecule has 18 heavy (non-hydrogen) atoms. The summed E-state index contributed by atoms with van der Waals surface area (Å²) < 4.78 is 0. The molecule has 1 aliphatic carbocycles. The lowest BCUT2D eigenvalue weighted by atomic mass is 9.73. The van der Waals surface area contributed by atoms with Gasteiger partial charge in [0, 0.05) is 6.04 Å². The summed E-state index contributed by atoms with van der Waals surface area (Å²) in [7, 11) is 0. The highest BCUT2D eigenvalue weighted by molar-refractivity contribution is 4.85. The number of hydrogen-bond acceptors (Lipinski definition) is 1. The summed E-state index contributed by atoms with van der Waals surface area (Å²) in [6.45, 7) is 10.5. The van der Waals surface area contributed by atoms with Gasteiger partial charge in [-0.05, 0) is 50.0 Å². The molecule has 108 valence electrons. The largest absolute Gasteiger partial charge is 0.314 e. The van der Waals surface area contributed by atoms with Crippen LogP contribution in [0.25, 0.3) is 0 Å². The first kappa shape index (κ1) is 16.0. The minimum absolute atomic E-state index is 0.794. The quantitative estimate of drug-likeness (QED) is 0.641. The predicted octanol–water partition coefficient (Wildman–Crippen LogP) is 5.01. The molecule has 0 aromatic heterocycles. The Morgan fingerprint density at radius 3 is 1.94 bits per heavy atom. The Morgan fingerprint density at radius 2 is 1.50 bits per heavy atom. The van der Waals surface area contributed by atoms with Crippen molar-refractivity contribution in [3.8, 4) is 0 Å². The Labute approximate surface area is 115 Å². The fourth-order valence-corrected chi connectivity index (χ4v) is 3.84. The third kappa shape index (κ3) is 4.91. The molecule has 1 N–H and O–H groups in total. The molecule has 0 bridgehead atoms. The van der Waals surface area contributed by atoms with Crippen molar-refractivity contribution < 1.29 is 0 Å². The van der Waals surface area contributed by atoms with Crippen LogP contribution in [0.15, 0.2) is 0 Å². The van der Waals surface area contributed by atoms with Gasteiger partial charge in [0.25, 0.3) is 0 Å². The predicted molar refractivity (Wildman–Crippen MR) is 81.9 cm³/mol.